The maximum Gasteiger partial charge on any atom is 0.267 e. The van der Waals surface area contributed by atoms with Crippen LogP contribution in [-0.4, -0.2) is 55.4 Å². The van der Waals surface area contributed by atoms with Crippen LogP contribution in [0.15, 0.2) is 36.4 Å². The molecule has 7 nitrogen and oxygen atoms in total. The molecule has 0 fully saturated rings. The van der Waals surface area contributed by atoms with E-state index in [1.54, 1.807) is 6.07 Å². The Bertz CT molecular complexity index is 684. The lowest BCUT2D eigenvalue weighted by Gasteiger charge is -2.23. The van der Waals surface area contributed by atoms with Gasteiger partial charge in [0.15, 0.2) is 0 Å². The Morgan fingerprint density at radius 2 is 1.65 bits per heavy atom. The molecule has 1 aromatic heterocycles. The first-order chi connectivity index (χ1) is 12.7. The fourth-order valence-corrected chi connectivity index (χ4v) is 2.41. The molecule has 26 heavy (non-hydrogen) atoms. The number of hydrogen-bond donors (Lipinski definition) is 1. The van der Waals surface area contributed by atoms with E-state index in [1.807, 2.05) is 49.1 Å². The van der Waals surface area contributed by atoms with E-state index in [1.165, 1.54) is 0 Å². The molecular weight excluding hydrogens is 332 g/mol. The van der Waals surface area contributed by atoms with Crippen LogP contribution in [0.5, 0.6) is 0 Å². The van der Waals surface area contributed by atoms with Gasteiger partial charge in [-0.25, -0.2) is 9.97 Å². The van der Waals surface area contributed by atoms with Crippen molar-refractivity contribution in [1.82, 2.24) is 9.97 Å². The Labute approximate surface area is 154 Å². The van der Waals surface area contributed by atoms with Crippen LogP contribution in [0.3, 0.4) is 0 Å². The summed E-state index contributed by atoms with van der Waals surface area (Å²) in [7, 11) is 0. The second-order valence-electron chi connectivity index (χ2n) is 5.55. The van der Waals surface area contributed by atoms with Crippen LogP contribution in [0.1, 0.15) is 24.3 Å². The van der Waals surface area contributed by atoms with E-state index < -0.39 is 5.91 Å². The number of hydrogen-bond acceptors (Lipinski definition) is 6. The van der Waals surface area contributed by atoms with Gasteiger partial charge in [-0.15, -0.1) is 0 Å². The first-order valence-electron chi connectivity index (χ1n) is 8.80. The lowest BCUT2D eigenvalue weighted by molar-refractivity contribution is 0.0995. The minimum atomic E-state index is -0.583. The normalized spacial score (nSPS) is 10.7. The Balaban J connectivity index is 2.35. The number of carbonyl (C=O) groups excluding carboxylic acids is 1. The van der Waals surface area contributed by atoms with Crippen molar-refractivity contribution in [3.05, 3.63) is 42.1 Å². The van der Waals surface area contributed by atoms with Crippen molar-refractivity contribution < 1.29 is 14.3 Å². The molecule has 1 heterocycles. The molecule has 0 aliphatic rings. The van der Waals surface area contributed by atoms with Gasteiger partial charge in [-0.2, -0.15) is 0 Å². The minimum Gasteiger partial charge on any atom is -0.380 e. The maximum absolute atomic E-state index is 11.7. The van der Waals surface area contributed by atoms with Gasteiger partial charge in [0.1, 0.15) is 5.69 Å². The number of nitrogens with two attached hydrogens (primary N) is 1. The molecule has 2 aromatic rings. The van der Waals surface area contributed by atoms with Crippen LogP contribution < -0.4 is 10.6 Å². The Hall–Kier alpha value is -2.51. The van der Waals surface area contributed by atoms with Crippen LogP contribution in [0.2, 0.25) is 0 Å². The summed E-state index contributed by atoms with van der Waals surface area (Å²) >= 11 is 0. The number of primary amides is 1. The molecule has 0 spiro atoms. The summed E-state index contributed by atoms with van der Waals surface area (Å²) in [5.41, 5.74) is 7.21. The zero-order chi connectivity index (χ0) is 18.8. The first-order valence-corrected chi connectivity index (χ1v) is 8.80. The summed E-state index contributed by atoms with van der Waals surface area (Å²) in [6, 6.07) is 11.2. The standard InChI is InChI=1S/C19H26N4O3/c1-3-25-12-10-23(11-13-26-4-2)19-21-16(14-17(22-19)18(20)24)15-8-6-5-7-9-15/h5-9,14H,3-4,10-13H2,1-2H3,(H2,20,24). The highest BCUT2D eigenvalue weighted by molar-refractivity contribution is 5.92. The largest absolute Gasteiger partial charge is 0.380 e. The molecule has 0 bridgehead atoms. The highest BCUT2D eigenvalue weighted by atomic mass is 16.5. The van der Waals surface area contributed by atoms with Crippen molar-refractivity contribution in [1.29, 1.82) is 0 Å². The summed E-state index contributed by atoms with van der Waals surface area (Å²) in [5, 5.41) is 0. The molecule has 0 atom stereocenters. The lowest BCUT2D eigenvalue weighted by Crippen LogP contribution is -2.33. The quantitative estimate of drug-likeness (QED) is 0.619. The fraction of sp³-hybridized carbons (Fsp3) is 0.421. The van der Waals surface area contributed by atoms with E-state index in [0.717, 1.165) is 5.56 Å². The van der Waals surface area contributed by atoms with Crippen LogP contribution in [0.4, 0.5) is 5.95 Å². The second-order valence-corrected chi connectivity index (χ2v) is 5.55. The minimum absolute atomic E-state index is 0.187. The third-order valence-electron chi connectivity index (χ3n) is 3.74. The number of anilines is 1. The van der Waals surface area contributed by atoms with E-state index in [2.05, 4.69) is 9.97 Å². The van der Waals surface area contributed by atoms with Crippen molar-refractivity contribution in [2.75, 3.05) is 44.4 Å². The molecular formula is C19H26N4O3. The summed E-state index contributed by atoms with van der Waals surface area (Å²) in [6.07, 6.45) is 0. The summed E-state index contributed by atoms with van der Waals surface area (Å²) < 4.78 is 10.9. The zero-order valence-corrected chi connectivity index (χ0v) is 15.4. The van der Waals surface area contributed by atoms with Gasteiger partial charge in [0, 0.05) is 31.9 Å². The first kappa shape index (κ1) is 19.8. The van der Waals surface area contributed by atoms with Crippen molar-refractivity contribution in [3.63, 3.8) is 0 Å². The number of benzene rings is 1. The maximum atomic E-state index is 11.7. The topological polar surface area (TPSA) is 90.6 Å². The van der Waals surface area contributed by atoms with Gasteiger partial charge in [0.2, 0.25) is 5.95 Å². The summed E-state index contributed by atoms with van der Waals surface area (Å²) in [6.45, 7) is 7.42. The van der Waals surface area contributed by atoms with Crippen LogP contribution >= 0.6 is 0 Å². The molecule has 0 unspecified atom stereocenters. The van der Waals surface area contributed by atoms with Crippen LogP contribution in [0, 0.1) is 0 Å². The van der Waals surface area contributed by atoms with Crippen LogP contribution in [0.25, 0.3) is 11.3 Å². The summed E-state index contributed by atoms with van der Waals surface area (Å²) in [5.74, 6) is -0.139. The number of aromatic nitrogens is 2. The molecule has 1 amide bonds. The van der Waals surface area contributed by atoms with Gasteiger partial charge in [-0.05, 0) is 19.9 Å². The molecule has 0 aliphatic carbocycles. The van der Waals surface area contributed by atoms with Crippen molar-refractivity contribution >= 4 is 11.9 Å². The van der Waals surface area contributed by atoms with Gasteiger partial charge in [0.25, 0.3) is 5.91 Å². The van der Waals surface area contributed by atoms with Gasteiger partial charge in [-0.1, -0.05) is 30.3 Å². The highest BCUT2D eigenvalue weighted by Gasteiger charge is 2.15. The lowest BCUT2D eigenvalue weighted by atomic mass is 10.1. The van der Waals surface area contributed by atoms with Crippen LogP contribution in [-0.2, 0) is 9.47 Å². The average molecular weight is 358 g/mol. The Morgan fingerprint density at radius 3 is 2.19 bits per heavy atom. The van der Waals surface area contributed by atoms with E-state index in [-0.39, 0.29) is 5.69 Å². The zero-order valence-electron chi connectivity index (χ0n) is 15.4. The molecule has 0 aliphatic heterocycles. The second kappa shape index (κ2) is 10.5. The molecule has 2 N–H and O–H groups in total. The molecule has 140 valence electrons. The molecule has 0 saturated heterocycles. The van der Waals surface area contributed by atoms with E-state index in [9.17, 15) is 4.79 Å². The number of carbonyl (C=O) groups is 1. The molecule has 1 aromatic carbocycles. The van der Waals surface area contributed by atoms with E-state index in [4.69, 9.17) is 15.2 Å². The molecule has 2 rings (SSSR count). The van der Waals surface area contributed by atoms with Gasteiger partial charge < -0.3 is 20.1 Å². The number of nitrogens with zero attached hydrogens (tertiary/aromatic N) is 3. The smallest absolute Gasteiger partial charge is 0.267 e. The molecule has 7 heteroatoms. The highest BCUT2D eigenvalue weighted by Crippen LogP contribution is 2.20. The number of ether oxygens (including phenoxy) is 2. The number of rotatable bonds is 11. The predicted molar refractivity (Wildman–Crippen MR) is 101 cm³/mol. The van der Waals surface area contributed by atoms with Gasteiger partial charge >= 0.3 is 0 Å². The van der Waals surface area contributed by atoms with Gasteiger partial charge in [0.05, 0.1) is 18.9 Å². The van der Waals surface area contributed by atoms with Crippen molar-refractivity contribution in [2.24, 2.45) is 5.73 Å². The summed E-state index contributed by atoms with van der Waals surface area (Å²) in [4.78, 5) is 22.7. The van der Waals surface area contributed by atoms with Gasteiger partial charge in [-0.3, -0.25) is 4.79 Å². The Morgan fingerprint density at radius 1 is 1.04 bits per heavy atom. The van der Waals surface area contributed by atoms with E-state index in [0.29, 0.717) is 51.2 Å². The predicted octanol–water partition coefficient (Wildman–Crippen LogP) is 2.12. The third kappa shape index (κ3) is 5.79. The third-order valence-corrected chi connectivity index (χ3v) is 3.74. The van der Waals surface area contributed by atoms with Crippen molar-refractivity contribution in [2.45, 2.75) is 13.8 Å². The van der Waals surface area contributed by atoms with Crippen molar-refractivity contribution in [3.8, 4) is 11.3 Å². The molecule has 0 radical (unpaired) electrons. The van der Waals surface area contributed by atoms with E-state index >= 15 is 0 Å². The fourth-order valence-electron chi connectivity index (χ4n) is 2.41. The average Bonchev–Trinajstić information content (AvgIpc) is 2.67. The monoisotopic (exact) mass is 358 g/mol. The molecule has 0 saturated carbocycles. The number of amides is 1. The Kier molecular flexibility index (Phi) is 7.98. The SMILES string of the molecule is CCOCCN(CCOCC)c1nc(C(N)=O)cc(-c2ccccc2)n1.